The van der Waals surface area contributed by atoms with E-state index < -0.39 is 28.0 Å². The molecule has 2 heterocycles. The first kappa shape index (κ1) is 23.7. The molecular formula is C21H21ClF3N3O4S. The number of rotatable bonds is 6. The molecule has 0 atom stereocenters. The summed E-state index contributed by atoms with van der Waals surface area (Å²) in [6, 6.07) is 11.6. The monoisotopic (exact) mass is 503 g/mol. The minimum absolute atomic E-state index is 0.159. The Kier molecular flexibility index (Phi) is 6.23. The lowest BCUT2D eigenvalue weighted by atomic mass is 9.80. The highest BCUT2D eigenvalue weighted by Crippen LogP contribution is 2.42. The topological polar surface area (TPSA) is 79.0 Å². The number of halogens is 4. The third-order valence-corrected chi connectivity index (χ3v) is 7.98. The first-order valence-corrected chi connectivity index (χ1v) is 12.1. The van der Waals surface area contributed by atoms with Gasteiger partial charge in [-0.1, -0.05) is 41.9 Å². The molecule has 0 aliphatic carbocycles. The van der Waals surface area contributed by atoms with Crippen LogP contribution in [0.5, 0.6) is 5.75 Å². The quantitative estimate of drug-likeness (QED) is 0.651. The van der Waals surface area contributed by atoms with Gasteiger partial charge in [-0.3, -0.25) is 0 Å². The summed E-state index contributed by atoms with van der Waals surface area (Å²) in [7, 11) is -3.58. The number of likely N-dealkylation sites (tertiary alicyclic amines) is 1. The zero-order valence-electron chi connectivity index (χ0n) is 17.3. The van der Waals surface area contributed by atoms with Crippen LogP contribution in [0, 0.1) is 0 Å². The zero-order valence-corrected chi connectivity index (χ0v) is 18.9. The molecule has 2 aromatic rings. The number of para-hydroxylation sites is 1. The van der Waals surface area contributed by atoms with Crippen LogP contribution < -0.4 is 10.1 Å². The number of alkyl halides is 3. The van der Waals surface area contributed by atoms with Gasteiger partial charge in [0.05, 0.1) is 11.3 Å². The molecule has 0 unspecified atom stereocenters. The lowest BCUT2D eigenvalue weighted by molar-refractivity contribution is -0.274. The van der Waals surface area contributed by atoms with E-state index in [1.807, 2.05) is 0 Å². The van der Waals surface area contributed by atoms with E-state index in [1.165, 1.54) is 27.4 Å². The van der Waals surface area contributed by atoms with Crippen LogP contribution in [0.1, 0.15) is 17.5 Å². The maximum atomic E-state index is 12.9. The minimum Gasteiger partial charge on any atom is -0.405 e. The van der Waals surface area contributed by atoms with Gasteiger partial charge in [0.25, 0.3) is 0 Å². The molecule has 2 amide bonds. The molecule has 1 N–H and O–H groups in total. The van der Waals surface area contributed by atoms with Crippen molar-refractivity contribution < 1.29 is 31.1 Å². The number of nitrogens with one attached hydrogen (secondary N) is 1. The van der Waals surface area contributed by atoms with Crippen molar-refractivity contribution in [2.45, 2.75) is 30.6 Å². The SMILES string of the molecule is O=C(NCc1ccccc1OC(F)(F)F)N1CC2(CCN2S(=O)(=O)Cc2ccc(Cl)cc2)C1. The van der Waals surface area contributed by atoms with E-state index >= 15 is 0 Å². The largest absolute Gasteiger partial charge is 0.573 e. The molecular weight excluding hydrogens is 483 g/mol. The van der Waals surface area contributed by atoms with Gasteiger partial charge in [0.1, 0.15) is 5.75 Å². The van der Waals surface area contributed by atoms with Crippen molar-refractivity contribution in [2.24, 2.45) is 0 Å². The standard InChI is InChI=1S/C21H21ClF3N3O4S/c22-17-7-5-15(6-8-17)12-33(30,31)28-10-9-20(28)13-27(14-20)19(29)26-11-16-3-1-2-4-18(16)32-21(23,24)25/h1-8H,9-14H2,(H,26,29). The minimum atomic E-state index is -4.84. The summed E-state index contributed by atoms with van der Waals surface area (Å²) < 4.78 is 68.8. The Balaban J connectivity index is 1.32. The molecule has 0 radical (unpaired) electrons. The van der Waals surface area contributed by atoms with Gasteiger partial charge in [-0.15, -0.1) is 13.2 Å². The van der Waals surface area contributed by atoms with Crippen LogP contribution in [-0.4, -0.2) is 55.2 Å². The van der Waals surface area contributed by atoms with Crippen molar-refractivity contribution in [1.29, 1.82) is 0 Å². The van der Waals surface area contributed by atoms with Crippen LogP contribution in [0.4, 0.5) is 18.0 Å². The normalized spacial score (nSPS) is 17.9. The summed E-state index contributed by atoms with van der Waals surface area (Å²) in [6.45, 7) is 0.666. The zero-order chi connectivity index (χ0) is 23.9. The summed E-state index contributed by atoms with van der Waals surface area (Å²) in [5.41, 5.74) is 0.171. The number of amides is 2. The predicted molar refractivity (Wildman–Crippen MR) is 115 cm³/mol. The number of carbonyl (C=O) groups is 1. The fraction of sp³-hybridized carbons (Fsp3) is 0.381. The van der Waals surface area contributed by atoms with E-state index in [1.54, 1.807) is 30.3 Å². The van der Waals surface area contributed by atoms with Crippen LogP contribution in [0.25, 0.3) is 0 Å². The molecule has 33 heavy (non-hydrogen) atoms. The molecule has 2 aliphatic heterocycles. The summed E-state index contributed by atoms with van der Waals surface area (Å²) in [5, 5.41) is 3.09. The Labute approximate surface area is 194 Å². The summed E-state index contributed by atoms with van der Waals surface area (Å²) >= 11 is 5.85. The number of urea groups is 1. The molecule has 178 valence electrons. The maximum Gasteiger partial charge on any atom is 0.573 e. The van der Waals surface area contributed by atoms with E-state index in [-0.39, 0.29) is 36.7 Å². The van der Waals surface area contributed by atoms with Crippen molar-refractivity contribution >= 4 is 27.7 Å². The van der Waals surface area contributed by atoms with E-state index in [9.17, 15) is 26.4 Å². The summed E-state index contributed by atoms with van der Waals surface area (Å²) in [5.74, 6) is -0.544. The van der Waals surface area contributed by atoms with E-state index in [0.717, 1.165) is 0 Å². The smallest absolute Gasteiger partial charge is 0.405 e. The van der Waals surface area contributed by atoms with E-state index in [0.29, 0.717) is 23.6 Å². The average Bonchev–Trinajstić information content (AvgIpc) is 2.65. The number of benzene rings is 2. The van der Waals surface area contributed by atoms with Crippen LogP contribution >= 0.6 is 11.6 Å². The van der Waals surface area contributed by atoms with Gasteiger partial charge in [-0.05, 0) is 30.2 Å². The van der Waals surface area contributed by atoms with Crippen LogP contribution in [0.2, 0.25) is 5.02 Å². The van der Waals surface area contributed by atoms with Crippen molar-refractivity contribution in [3.63, 3.8) is 0 Å². The Bertz CT molecular complexity index is 1140. The van der Waals surface area contributed by atoms with Gasteiger partial charge in [0, 0.05) is 36.8 Å². The third kappa shape index (κ3) is 5.20. The number of ether oxygens (including phenoxy) is 1. The number of hydrogen-bond acceptors (Lipinski definition) is 4. The lowest BCUT2D eigenvalue weighted by Crippen LogP contribution is -2.79. The second kappa shape index (κ2) is 8.69. The van der Waals surface area contributed by atoms with Gasteiger partial charge < -0.3 is 15.0 Å². The van der Waals surface area contributed by atoms with Crippen molar-refractivity contribution in [1.82, 2.24) is 14.5 Å². The molecule has 0 saturated carbocycles. The van der Waals surface area contributed by atoms with Crippen molar-refractivity contribution in [3.8, 4) is 5.75 Å². The molecule has 2 aliphatic rings. The van der Waals surface area contributed by atoms with Crippen LogP contribution in [0.3, 0.4) is 0 Å². The van der Waals surface area contributed by atoms with Crippen LogP contribution in [-0.2, 0) is 22.3 Å². The van der Waals surface area contributed by atoms with Crippen molar-refractivity contribution in [2.75, 3.05) is 19.6 Å². The fourth-order valence-electron chi connectivity index (χ4n) is 4.10. The number of carbonyl (C=O) groups excluding carboxylic acids is 1. The van der Waals surface area contributed by atoms with Gasteiger partial charge in [-0.25, -0.2) is 13.2 Å². The Morgan fingerprint density at radius 3 is 2.39 bits per heavy atom. The highest BCUT2D eigenvalue weighted by molar-refractivity contribution is 7.88. The van der Waals surface area contributed by atoms with Gasteiger partial charge in [0.15, 0.2) is 0 Å². The second-order valence-electron chi connectivity index (χ2n) is 8.10. The second-order valence-corrected chi connectivity index (χ2v) is 10.4. The maximum absolute atomic E-state index is 12.9. The number of hydrogen-bond donors (Lipinski definition) is 1. The summed E-state index contributed by atoms with van der Waals surface area (Å²) in [6.07, 6.45) is -4.20. The van der Waals surface area contributed by atoms with Gasteiger partial charge >= 0.3 is 12.4 Å². The Hall–Kier alpha value is -2.50. The molecule has 7 nitrogen and oxygen atoms in total. The molecule has 1 spiro atoms. The first-order valence-electron chi connectivity index (χ1n) is 10.1. The molecule has 2 aromatic carbocycles. The fourth-order valence-corrected chi connectivity index (χ4v) is 6.16. The number of sulfonamides is 1. The van der Waals surface area contributed by atoms with Crippen molar-refractivity contribution in [3.05, 3.63) is 64.7 Å². The van der Waals surface area contributed by atoms with Gasteiger partial charge in [0.2, 0.25) is 10.0 Å². The first-order chi connectivity index (χ1) is 15.5. The lowest BCUT2D eigenvalue weighted by Gasteiger charge is -2.61. The summed E-state index contributed by atoms with van der Waals surface area (Å²) in [4.78, 5) is 13.9. The predicted octanol–water partition coefficient (Wildman–Crippen LogP) is 3.74. The highest BCUT2D eigenvalue weighted by atomic mass is 35.5. The molecule has 4 rings (SSSR count). The van der Waals surface area contributed by atoms with E-state index in [4.69, 9.17) is 11.6 Å². The Morgan fingerprint density at radius 1 is 1.12 bits per heavy atom. The molecule has 2 saturated heterocycles. The molecule has 2 fully saturated rings. The molecule has 0 bridgehead atoms. The molecule has 0 aromatic heterocycles. The van der Waals surface area contributed by atoms with Gasteiger partial charge in [-0.2, -0.15) is 4.31 Å². The average molecular weight is 504 g/mol. The number of nitrogens with zero attached hydrogens (tertiary/aromatic N) is 2. The van der Waals surface area contributed by atoms with Crippen LogP contribution in [0.15, 0.2) is 48.5 Å². The van der Waals surface area contributed by atoms with E-state index in [2.05, 4.69) is 10.1 Å². The Morgan fingerprint density at radius 2 is 1.79 bits per heavy atom. The molecule has 12 heteroatoms. The highest BCUT2D eigenvalue weighted by Gasteiger charge is 2.58. The third-order valence-electron chi connectivity index (χ3n) is 5.79.